The second kappa shape index (κ2) is 6.65. The van der Waals surface area contributed by atoms with Crippen LogP contribution in [0.4, 0.5) is 0 Å². The van der Waals surface area contributed by atoms with Crippen LogP contribution in [0.2, 0.25) is 0 Å². The quantitative estimate of drug-likeness (QED) is 0.850. The number of amides is 1. The molecule has 3 heterocycles. The highest BCUT2D eigenvalue weighted by Gasteiger charge is 2.36. The summed E-state index contributed by atoms with van der Waals surface area (Å²) in [4.78, 5) is 14.8. The molecule has 0 radical (unpaired) electrons. The van der Waals surface area contributed by atoms with Crippen molar-refractivity contribution in [2.45, 2.75) is 89.4 Å². The van der Waals surface area contributed by atoms with Crippen molar-refractivity contribution in [2.24, 2.45) is 5.92 Å². The zero-order valence-corrected chi connectivity index (χ0v) is 13.6. The van der Waals surface area contributed by atoms with E-state index in [0.717, 1.165) is 6.42 Å². The Bertz CT molecular complexity index is 327. The molecule has 3 fully saturated rings. The van der Waals surface area contributed by atoms with Gasteiger partial charge in [0, 0.05) is 30.6 Å². The monoisotopic (exact) mass is 300 g/mol. The van der Waals surface area contributed by atoms with Crippen LogP contribution in [-0.4, -0.2) is 35.0 Å². The third-order valence-corrected chi connectivity index (χ3v) is 5.52. The minimum absolute atomic E-state index is 0. The molecule has 4 atom stereocenters. The fourth-order valence-electron chi connectivity index (χ4n) is 4.61. The summed E-state index contributed by atoms with van der Waals surface area (Å²) in [7, 11) is 0. The molecule has 3 saturated heterocycles. The van der Waals surface area contributed by atoms with Crippen LogP contribution in [0.1, 0.15) is 65.2 Å². The van der Waals surface area contributed by atoms with Crippen molar-refractivity contribution in [3.05, 3.63) is 0 Å². The summed E-state index contributed by atoms with van der Waals surface area (Å²) in [5.41, 5.74) is 0. The van der Waals surface area contributed by atoms with Gasteiger partial charge in [-0.15, -0.1) is 12.4 Å². The molecule has 4 unspecified atom stereocenters. The molecule has 4 heteroatoms. The van der Waals surface area contributed by atoms with Crippen molar-refractivity contribution in [2.75, 3.05) is 0 Å². The zero-order chi connectivity index (χ0) is 13.4. The van der Waals surface area contributed by atoms with E-state index in [2.05, 4.69) is 24.1 Å². The van der Waals surface area contributed by atoms with Crippen LogP contribution in [0, 0.1) is 5.92 Å². The highest BCUT2D eigenvalue weighted by molar-refractivity contribution is 5.85. The fourth-order valence-corrected chi connectivity index (χ4v) is 4.61. The Kier molecular flexibility index (Phi) is 5.36. The summed E-state index contributed by atoms with van der Waals surface area (Å²) in [6.45, 7) is 4.44. The molecule has 0 saturated carbocycles. The summed E-state index contributed by atoms with van der Waals surface area (Å²) in [6, 6.07) is 2.31. The van der Waals surface area contributed by atoms with Gasteiger partial charge in [0.25, 0.3) is 0 Å². The number of halogens is 1. The maximum absolute atomic E-state index is 12.6. The first-order valence-corrected chi connectivity index (χ1v) is 8.20. The van der Waals surface area contributed by atoms with E-state index in [0.29, 0.717) is 36.0 Å². The molecule has 0 aromatic rings. The number of nitrogens with one attached hydrogen (secondary N) is 1. The molecule has 116 valence electrons. The van der Waals surface area contributed by atoms with E-state index in [4.69, 9.17) is 0 Å². The van der Waals surface area contributed by atoms with E-state index in [1.54, 1.807) is 0 Å². The fraction of sp³-hybridized carbons (Fsp3) is 0.938. The number of carbonyl (C=O) groups excluding carboxylic acids is 1. The maximum Gasteiger partial charge on any atom is 0.223 e. The highest BCUT2D eigenvalue weighted by Crippen LogP contribution is 2.34. The number of fused-ring (bicyclic) bond motifs is 2. The van der Waals surface area contributed by atoms with Gasteiger partial charge in [0.15, 0.2) is 0 Å². The average Bonchev–Trinajstić information content (AvgIpc) is 2.68. The largest absolute Gasteiger partial charge is 0.337 e. The number of carbonyl (C=O) groups is 1. The minimum Gasteiger partial charge on any atom is -0.337 e. The highest BCUT2D eigenvalue weighted by atomic mass is 35.5. The van der Waals surface area contributed by atoms with Crippen molar-refractivity contribution in [1.29, 1.82) is 0 Å². The Hall–Kier alpha value is -0.280. The van der Waals surface area contributed by atoms with Gasteiger partial charge in [0.1, 0.15) is 0 Å². The molecule has 1 N–H and O–H groups in total. The average molecular weight is 301 g/mol. The number of hydrogen-bond donors (Lipinski definition) is 1. The van der Waals surface area contributed by atoms with Crippen LogP contribution in [0.15, 0.2) is 0 Å². The van der Waals surface area contributed by atoms with Crippen molar-refractivity contribution in [3.8, 4) is 0 Å². The van der Waals surface area contributed by atoms with Gasteiger partial charge in [-0.3, -0.25) is 4.79 Å². The van der Waals surface area contributed by atoms with E-state index in [1.807, 2.05) is 0 Å². The second-order valence-corrected chi connectivity index (χ2v) is 7.11. The topological polar surface area (TPSA) is 32.3 Å². The first-order valence-electron chi connectivity index (χ1n) is 8.20. The van der Waals surface area contributed by atoms with Crippen molar-refractivity contribution >= 4 is 18.3 Å². The summed E-state index contributed by atoms with van der Waals surface area (Å²) in [5, 5.41) is 3.67. The molecule has 3 aliphatic heterocycles. The van der Waals surface area contributed by atoms with Crippen LogP contribution in [0.25, 0.3) is 0 Å². The summed E-state index contributed by atoms with van der Waals surface area (Å²) in [5.74, 6) is 1.05. The lowest BCUT2D eigenvalue weighted by Gasteiger charge is -2.40. The Labute approximate surface area is 129 Å². The number of likely N-dealkylation sites (tertiary alicyclic amines) is 1. The van der Waals surface area contributed by atoms with Crippen LogP contribution in [0.3, 0.4) is 0 Å². The first-order chi connectivity index (χ1) is 9.13. The van der Waals surface area contributed by atoms with E-state index < -0.39 is 0 Å². The number of rotatable bonds is 2. The van der Waals surface area contributed by atoms with E-state index in [-0.39, 0.29) is 12.4 Å². The third-order valence-electron chi connectivity index (χ3n) is 5.52. The predicted molar refractivity (Wildman–Crippen MR) is 84.2 cm³/mol. The molecule has 0 aromatic heterocycles. The Morgan fingerprint density at radius 3 is 2.15 bits per heavy atom. The smallest absolute Gasteiger partial charge is 0.223 e. The normalized spacial score (nSPS) is 40.3. The number of hydrogen-bond acceptors (Lipinski definition) is 2. The standard InChI is InChI=1S/C16H28N2O.ClH/c1-11-4-3-5-12(2)18(11)16(19)10-13-8-14-6-7-15(9-13)17-14;/h11-15,17H,3-10H2,1-2H3;1H. The Morgan fingerprint density at radius 1 is 1.05 bits per heavy atom. The first kappa shape index (κ1) is 16.1. The lowest BCUT2D eigenvalue weighted by Crippen LogP contribution is -2.48. The summed E-state index contributed by atoms with van der Waals surface area (Å²) in [6.07, 6.45) is 9.55. The van der Waals surface area contributed by atoms with Crippen LogP contribution < -0.4 is 5.32 Å². The van der Waals surface area contributed by atoms with Gasteiger partial charge in [-0.25, -0.2) is 0 Å². The molecule has 20 heavy (non-hydrogen) atoms. The molecular formula is C16H29ClN2O. The number of piperidine rings is 2. The van der Waals surface area contributed by atoms with Crippen LogP contribution in [0.5, 0.6) is 0 Å². The van der Waals surface area contributed by atoms with E-state index in [9.17, 15) is 4.79 Å². The Morgan fingerprint density at radius 2 is 1.60 bits per heavy atom. The summed E-state index contributed by atoms with van der Waals surface area (Å²) >= 11 is 0. The minimum atomic E-state index is 0. The molecule has 0 aromatic carbocycles. The van der Waals surface area contributed by atoms with Gasteiger partial charge < -0.3 is 10.2 Å². The molecule has 0 spiro atoms. The SMILES string of the molecule is CC1CCCC(C)N1C(=O)CC1CC2CCC(C1)N2.Cl. The lowest BCUT2D eigenvalue weighted by molar-refractivity contribution is -0.138. The second-order valence-electron chi connectivity index (χ2n) is 7.11. The predicted octanol–water partition coefficient (Wildman–Crippen LogP) is 3.12. The third kappa shape index (κ3) is 3.30. The van der Waals surface area contributed by atoms with Gasteiger partial charge in [-0.05, 0) is 64.7 Å². The maximum atomic E-state index is 12.6. The molecule has 3 aliphatic rings. The molecular weight excluding hydrogens is 272 g/mol. The van der Waals surface area contributed by atoms with Gasteiger partial charge in [-0.2, -0.15) is 0 Å². The molecule has 3 rings (SSSR count). The molecule has 0 aliphatic carbocycles. The van der Waals surface area contributed by atoms with Gasteiger partial charge >= 0.3 is 0 Å². The number of nitrogens with zero attached hydrogens (tertiary/aromatic N) is 1. The van der Waals surface area contributed by atoms with E-state index >= 15 is 0 Å². The Balaban J connectivity index is 0.00000147. The van der Waals surface area contributed by atoms with E-state index in [1.165, 1.54) is 44.9 Å². The van der Waals surface area contributed by atoms with Crippen LogP contribution >= 0.6 is 12.4 Å². The van der Waals surface area contributed by atoms with Crippen molar-refractivity contribution in [1.82, 2.24) is 10.2 Å². The lowest BCUT2D eigenvalue weighted by atomic mass is 9.88. The zero-order valence-electron chi connectivity index (χ0n) is 12.8. The van der Waals surface area contributed by atoms with Crippen LogP contribution in [-0.2, 0) is 4.79 Å². The van der Waals surface area contributed by atoms with Gasteiger partial charge in [-0.1, -0.05) is 0 Å². The van der Waals surface area contributed by atoms with Gasteiger partial charge in [0.05, 0.1) is 0 Å². The van der Waals surface area contributed by atoms with Crippen molar-refractivity contribution in [3.63, 3.8) is 0 Å². The molecule has 2 bridgehead atoms. The van der Waals surface area contributed by atoms with Gasteiger partial charge in [0.2, 0.25) is 5.91 Å². The summed E-state index contributed by atoms with van der Waals surface area (Å²) < 4.78 is 0. The molecule has 3 nitrogen and oxygen atoms in total. The molecule has 1 amide bonds. The van der Waals surface area contributed by atoms with Crippen molar-refractivity contribution < 1.29 is 4.79 Å².